The summed E-state index contributed by atoms with van der Waals surface area (Å²) in [5.74, 6) is -0.185. The molecular weight excluding hydrogens is 252 g/mol. The van der Waals surface area contributed by atoms with Gasteiger partial charge in [0, 0.05) is 33.2 Å². The molecule has 0 aliphatic heterocycles. The molecule has 1 aromatic rings. The van der Waals surface area contributed by atoms with Crippen molar-refractivity contribution in [2.24, 2.45) is 0 Å². The Bertz CT molecular complexity index is 365. The molecule has 1 heterocycles. The van der Waals surface area contributed by atoms with Gasteiger partial charge >= 0.3 is 0 Å². The number of amides is 2. The van der Waals surface area contributed by atoms with Crippen LogP contribution in [0.4, 0.5) is 0 Å². The smallest absolute Gasteiger partial charge is 0.261 e. The molecule has 0 aliphatic rings. The Balaban J connectivity index is 2.07. The molecule has 2 amide bonds. The third-order valence-corrected chi connectivity index (χ3v) is 3.10. The van der Waals surface area contributed by atoms with Crippen LogP contribution in [-0.2, 0) is 9.53 Å². The second-order valence-electron chi connectivity index (χ2n) is 3.68. The molecule has 1 rings (SSSR count). The number of methoxy groups -OCH3 is 1. The van der Waals surface area contributed by atoms with E-state index in [4.69, 9.17) is 4.74 Å². The summed E-state index contributed by atoms with van der Waals surface area (Å²) in [7, 11) is 1.63. The number of hydrogen-bond acceptors (Lipinski definition) is 4. The van der Waals surface area contributed by atoms with E-state index < -0.39 is 0 Å². The molecule has 0 saturated heterocycles. The molecule has 0 aromatic carbocycles. The molecule has 0 saturated carbocycles. The number of nitrogens with one attached hydrogen (secondary N) is 2. The standard InChI is InChI=1S/C12H18N2O3S/c1-17-8-3-6-13-11(15)5-7-14-12(16)10-4-2-9-18-10/h2,4,9H,3,5-8H2,1H3,(H,13,15)(H,14,16). The Hall–Kier alpha value is -1.40. The van der Waals surface area contributed by atoms with Crippen molar-refractivity contribution in [3.63, 3.8) is 0 Å². The number of carbonyl (C=O) groups excluding carboxylic acids is 2. The summed E-state index contributed by atoms with van der Waals surface area (Å²) in [5.41, 5.74) is 0. The van der Waals surface area contributed by atoms with Crippen molar-refractivity contribution < 1.29 is 14.3 Å². The first-order valence-electron chi connectivity index (χ1n) is 5.81. The van der Waals surface area contributed by atoms with Crippen molar-refractivity contribution in [3.05, 3.63) is 22.4 Å². The Morgan fingerprint density at radius 2 is 2.17 bits per heavy atom. The van der Waals surface area contributed by atoms with Gasteiger partial charge in [-0.1, -0.05) is 6.07 Å². The van der Waals surface area contributed by atoms with Crippen LogP contribution >= 0.6 is 11.3 Å². The lowest BCUT2D eigenvalue weighted by molar-refractivity contribution is -0.120. The molecule has 0 fully saturated rings. The molecule has 2 N–H and O–H groups in total. The van der Waals surface area contributed by atoms with Crippen LogP contribution < -0.4 is 10.6 Å². The topological polar surface area (TPSA) is 67.4 Å². The monoisotopic (exact) mass is 270 g/mol. The molecule has 0 bridgehead atoms. The molecule has 0 radical (unpaired) electrons. The molecule has 0 atom stereocenters. The normalized spacial score (nSPS) is 10.1. The SMILES string of the molecule is COCCCNC(=O)CCNC(=O)c1cccs1. The third kappa shape index (κ3) is 5.79. The van der Waals surface area contributed by atoms with Gasteiger partial charge in [-0.2, -0.15) is 0 Å². The summed E-state index contributed by atoms with van der Waals surface area (Å²) < 4.78 is 4.87. The predicted octanol–water partition coefficient (Wildman–Crippen LogP) is 1.02. The van der Waals surface area contributed by atoms with Gasteiger partial charge in [-0.3, -0.25) is 9.59 Å². The number of carbonyl (C=O) groups is 2. The van der Waals surface area contributed by atoms with Crippen molar-refractivity contribution >= 4 is 23.2 Å². The van der Waals surface area contributed by atoms with Crippen LogP contribution in [0.2, 0.25) is 0 Å². The fourth-order valence-electron chi connectivity index (χ4n) is 1.32. The molecule has 6 heteroatoms. The van der Waals surface area contributed by atoms with Crippen LogP contribution in [0.3, 0.4) is 0 Å². The zero-order valence-corrected chi connectivity index (χ0v) is 11.2. The van der Waals surface area contributed by atoms with Gasteiger partial charge in [0.25, 0.3) is 5.91 Å². The first-order valence-corrected chi connectivity index (χ1v) is 6.69. The molecule has 1 aromatic heterocycles. The quantitative estimate of drug-likeness (QED) is 0.693. The van der Waals surface area contributed by atoms with Gasteiger partial charge in [0.1, 0.15) is 0 Å². The van der Waals surface area contributed by atoms with E-state index in [1.807, 2.05) is 11.4 Å². The van der Waals surface area contributed by atoms with Crippen molar-refractivity contribution in [3.8, 4) is 0 Å². The molecule has 18 heavy (non-hydrogen) atoms. The van der Waals surface area contributed by atoms with Crippen LogP contribution in [0.15, 0.2) is 17.5 Å². The van der Waals surface area contributed by atoms with E-state index in [9.17, 15) is 9.59 Å². The minimum atomic E-state index is -0.128. The van der Waals surface area contributed by atoms with Crippen molar-refractivity contribution in [1.82, 2.24) is 10.6 Å². The van der Waals surface area contributed by atoms with E-state index in [0.717, 1.165) is 6.42 Å². The lowest BCUT2D eigenvalue weighted by atomic mass is 10.3. The number of ether oxygens (including phenoxy) is 1. The highest BCUT2D eigenvalue weighted by atomic mass is 32.1. The van der Waals surface area contributed by atoms with E-state index in [-0.39, 0.29) is 11.8 Å². The number of hydrogen-bond donors (Lipinski definition) is 2. The predicted molar refractivity (Wildman–Crippen MR) is 70.8 cm³/mol. The summed E-state index contributed by atoms with van der Waals surface area (Å²) >= 11 is 1.38. The minimum Gasteiger partial charge on any atom is -0.385 e. The molecule has 0 unspecified atom stereocenters. The Morgan fingerprint density at radius 3 is 2.83 bits per heavy atom. The van der Waals surface area contributed by atoms with Crippen LogP contribution in [-0.4, -0.2) is 38.6 Å². The Morgan fingerprint density at radius 1 is 1.33 bits per heavy atom. The molecule has 5 nitrogen and oxygen atoms in total. The largest absolute Gasteiger partial charge is 0.385 e. The zero-order chi connectivity index (χ0) is 13.2. The van der Waals surface area contributed by atoms with Gasteiger partial charge in [-0.05, 0) is 17.9 Å². The summed E-state index contributed by atoms with van der Waals surface area (Å²) in [6.07, 6.45) is 1.09. The Labute approximate surface area is 111 Å². The van der Waals surface area contributed by atoms with Gasteiger partial charge in [-0.25, -0.2) is 0 Å². The van der Waals surface area contributed by atoms with E-state index in [2.05, 4.69) is 10.6 Å². The highest BCUT2D eigenvalue weighted by Crippen LogP contribution is 2.07. The molecule has 100 valence electrons. The maximum atomic E-state index is 11.5. The van der Waals surface area contributed by atoms with Gasteiger partial charge in [0.15, 0.2) is 0 Å². The van der Waals surface area contributed by atoms with Gasteiger partial charge < -0.3 is 15.4 Å². The first-order chi connectivity index (χ1) is 8.74. The molecule has 0 aliphatic carbocycles. The van der Waals surface area contributed by atoms with Crippen molar-refractivity contribution in [1.29, 1.82) is 0 Å². The van der Waals surface area contributed by atoms with Crippen LogP contribution in [0.5, 0.6) is 0 Å². The third-order valence-electron chi connectivity index (χ3n) is 2.23. The van der Waals surface area contributed by atoms with Gasteiger partial charge in [-0.15, -0.1) is 11.3 Å². The first kappa shape index (κ1) is 14.7. The number of thiophene rings is 1. The average molecular weight is 270 g/mol. The fourth-order valence-corrected chi connectivity index (χ4v) is 1.96. The zero-order valence-electron chi connectivity index (χ0n) is 10.4. The maximum Gasteiger partial charge on any atom is 0.261 e. The highest BCUT2D eigenvalue weighted by molar-refractivity contribution is 7.12. The van der Waals surface area contributed by atoms with Crippen molar-refractivity contribution in [2.75, 3.05) is 26.8 Å². The molecule has 0 spiro atoms. The van der Waals surface area contributed by atoms with E-state index in [1.54, 1.807) is 13.2 Å². The number of rotatable bonds is 8. The highest BCUT2D eigenvalue weighted by Gasteiger charge is 2.06. The van der Waals surface area contributed by atoms with Crippen LogP contribution in [0.1, 0.15) is 22.5 Å². The molecular formula is C12H18N2O3S. The van der Waals surface area contributed by atoms with Gasteiger partial charge in [0.2, 0.25) is 5.91 Å². The second-order valence-corrected chi connectivity index (χ2v) is 4.63. The maximum absolute atomic E-state index is 11.5. The summed E-state index contributed by atoms with van der Waals surface area (Å²) in [4.78, 5) is 23.6. The van der Waals surface area contributed by atoms with E-state index >= 15 is 0 Å². The van der Waals surface area contributed by atoms with Crippen molar-refractivity contribution in [2.45, 2.75) is 12.8 Å². The fraction of sp³-hybridized carbons (Fsp3) is 0.500. The lowest BCUT2D eigenvalue weighted by Gasteiger charge is -2.05. The summed E-state index contributed by atoms with van der Waals surface area (Å²) in [5, 5.41) is 7.31. The van der Waals surface area contributed by atoms with Crippen LogP contribution in [0, 0.1) is 0 Å². The van der Waals surface area contributed by atoms with E-state index in [0.29, 0.717) is 31.0 Å². The average Bonchev–Trinajstić information content (AvgIpc) is 2.88. The summed E-state index contributed by atoms with van der Waals surface area (Å²) in [6, 6.07) is 3.58. The Kier molecular flexibility index (Phi) is 7.05. The van der Waals surface area contributed by atoms with Gasteiger partial charge in [0.05, 0.1) is 4.88 Å². The lowest BCUT2D eigenvalue weighted by Crippen LogP contribution is -2.31. The summed E-state index contributed by atoms with van der Waals surface area (Å²) in [6.45, 7) is 1.59. The van der Waals surface area contributed by atoms with E-state index in [1.165, 1.54) is 11.3 Å². The van der Waals surface area contributed by atoms with Crippen LogP contribution in [0.25, 0.3) is 0 Å². The second kappa shape index (κ2) is 8.66. The minimum absolute atomic E-state index is 0.0578.